The van der Waals surface area contributed by atoms with Crippen molar-refractivity contribution in [2.24, 2.45) is 10.2 Å². The van der Waals surface area contributed by atoms with Crippen LogP contribution in [0.1, 0.15) is 12.8 Å². The van der Waals surface area contributed by atoms with Crippen LogP contribution in [0.2, 0.25) is 0 Å². The molecular formula is C18H19N5O5S. The summed E-state index contributed by atoms with van der Waals surface area (Å²) in [4.78, 5) is 6.89. The molecule has 4 rings (SSSR count). The fourth-order valence-electron chi connectivity index (χ4n) is 2.77. The molecule has 10 nitrogen and oxygen atoms in total. The molecule has 152 valence electrons. The third kappa shape index (κ3) is 3.87. The van der Waals surface area contributed by atoms with Crippen LogP contribution < -0.4 is 14.2 Å². The number of fused-ring (bicyclic) bond motifs is 1. The quantitative estimate of drug-likeness (QED) is 0.505. The lowest BCUT2D eigenvalue weighted by atomic mass is 10.2. The van der Waals surface area contributed by atoms with Gasteiger partial charge in [0.15, 0.2) is 23.0 Å². The lowest BCUT2D eigenvalue weighted by Gasteiger charge is -2.07. The number of ether oxygens (including phenoxy) is 2. The summed E-state index contributed by atoms with van der Waals surface area (Å²) in [7, 11) is -0.552. The number of sulfonamides is 1. The number of aromatic hydroxyl groups is 1. The van der Waals surface area contributed by atoms with Crippen LogP contribution in [0.25, 0.3) is 10.9 Å². The molecule has 0 radical (unpaired) electrons. The van der Waals surface area contributed by atoms with E-state index in [-0.39, 0.29) is 28.3 Å². The summed E-state index contributed by atoms with van der Waals surface area (Å²) >= 11 is 0. The number of nitrogens with zero attached hydrogens (tertiary/aromatic N) is 3. The predicted molar refractivity (Wildman–Crippen MR) is 105 cm³/mol. The minimum absolute atomic E-state index is 0.0137. The Labute approximate surface area is 166 Å². The molecule has 0 saturated heterocycles. The van der Waals surface area contributed by atoms with E-state index in [2.05, 4.69) is 24.9 Å². The van der Waals surface area contributed by atoms with Gasteiger partial charge in [-0.2, -0.15) is 0 Å². The smallest absolute Gasteiger partial charge is 0.242 e. The highest BCUT2D eigenvalue weighted by Crippen LogP contribution is 2.41. The normalized spacial score (nSPS) is 14.6. The van der Waals surface area contributed by atoms with E-state index in [4.69, 9.17) is 9.47 Å². The summed E-state index contributed by atoms with van der Waals surface area (Å²) < 4.78 is 37.5. The third-order valence-electron chi connectivity index (χ3n) is 4.44. The Bertz CT molecular complexity index is 1180. The Balaban J connectivity index is 1.61. The number of methoxy groups -OCH3 is 2. The van der Waals surface area contributed by atoms with Crippen molar-refractivity contribution in [2.45, 2.75) is 23.8 Å². The molecule has 3 N–H and O–H groups in total. The Morgan fingerprint density at radius 3 is 2.52 bits per heavy atom. The van der Waals surface area contributed by atoms with E-state index >= 15 is 0 Å². The molecule has 1 saturated carbocycles. The van der Waals surface area contributed by atoms with Gasteiger partial charge >= 0.3 is 0 Å². The standard InChI is InChI=1S/C18H19N5O5S/c1-27-14-7-12-13(8-15(14)28-2)20-18(24)17(12)22-21-16-6-5-11(9-19-16)29(25,26)23-10-3-4-10/h5-10,20,23-24H,3-4H2,1-2H3. The molecule has 0 aliphatic heterocycles. The maximum Gasteiger partial charge on any atom is 0.242 e. The number of azo groups is 1. The van der Waals surface area contributed by atoms with Crippen LogP contribution in [0.4, 0.5) is 11.5 Å². The first-order valence-corrected chi connectivity index (χ1v) is 10.3. The molecule has 0 amide bonds. The summed E-state index contributed by atoms with van der Waals surface area (Å²) in [5.41, 5.74) is 0.796. The number of aromatic nitrogens is 2. The van der Waals surface area contributed by atoms with Crippen molar-refractivity contribution < 1.29 is 23.0 Å². The van der Waals surface area contributed by atoms with Gasteiger partial charge in [0, 0.05) is 23.7 Å². The average Bonchev–Trinajstić information content (AvgIpc) is 3.46. The summed E-state index contributed by atoms with van der Waals surface area (Å²) in [5, 5.41) is 18.8. The molecule has 11 heteroatoms. The second-order valence-electron chi connectivity index (χ2n) is 6.52. The van der Waals surface area contributed by atoms with Gasteiger partial charge in [-0.15, -0.1) is 10.2 Å². The molecule has 0 spiro atoms. The molecule has 1 aliphatic carbocycles. The van der Waals surface area contributed by atoms with Gasteiger partial charge in [-0.3, -0.25) is 0 Å². The third-order valence-corrected chi connectivity index (χ3v) is 5.94. The molecular weight excluding hydrogens is 398 g/mol. The van der Waals surface area contributed by atoms with Crippen LogP contribution in [0.3, 0.4) is 0 Å². The lowest BCUT2D eigenvalue weighted by Crippen LogP contribution is -2.25. The van der Waals surface area contributed by atoms with Crippen molar-refractivity contribution >= 4 is 32.4 Å². The van der Waals surface area contributed by atoms with Gasteiger partial charge in [0.2, 0.25) is 15.9 Å². The number of benzene rings is 1. The molecule has 1 fully saturated rings. The maximum absolute atomic E-state index is 12.2. The minimum atomic E-state index is -3.58. The van der Waals surface area contributed by atoms with E-state index in [0.717, 1.165) is 12.8 Å². The molecule has 3 aromatic rings. The lowest BCUT2D eigenvalue weighted by molar-refractivity contribution is 0.356. The van der Waals surface area contributed by atoms with E-state index < -0.39 is 10.0 Å². The fourth-order valence-corrected chi connectivity index (χ4v) is 4.02. The first kappa shape index (κ1) is 19.2. The van der Waals surface area contributed by atoms with Crippen LogP contribution in [0, 0.1) is 0 Å². The second kappa shape index (κ2) is 7.33. The first-order chi connectivity index (χ1) is 13.9. The first-order valence-electron chi connectivity index (χ1n) is 8.78. The Morgan fingerprint density at radius 1 is 1.17 bits per heavy atom. The number of rotatable bonds is 7. The SMILES string of the molecule is COc1cc2[nH]c(O)c(N=Nc3ccc(S(=O)(=O)NC4CC4)cn3)c2cc1OC. The van der Waals surface area contributed by atoms with E-state index in [9.17, 15) is 13.5 Å². The van der Waals surface area contributed by atoms with Crippen LogP contribution in [-0.2, 0) is 10.0 Å². The average molecular weight is 417 g/mol. The molecule has 1 aromatic carbocycles. The highest BCUT2D eigenvalue weighted by atomic mass is 32.2. The molecule has 0 unspecified atom stereocenters. The van der Waals surface area contributed by atoms with Crippen molar-refractivity contribution in [1.29, 1.82) is 0 Å². The number of hydrogen-bond acceptors (Lipinski definition) is 8. The van der Waals surface area contributed by atoms with Gasteiger partial charge in [-0.1, -0.05) is 0 Å². The number of hydrogen-bond donors (Lipinski definition) is 3. The number of aromatic amines is 1. The van der Waals surface area contributed by atoms with Gasteiger partial charge in [-0.05, 0) is 31.0 Å². The molecule has 29 heavy (non-hydrogen) atoms. The van der Waals surface area contributed by atoms with E-state index in [0.29, 0.717) is 22.4 Å². The van der Waals surface area contributed by atoms with Crippen molar-refractivity contribution in [3.05, 3.63) is 30.5 Å². The van der Waals surface area contributed by atoms with Crippen molar-refractivity contribution in [3.63, 3.8) is 0 Å². The van der Waals surface area contributed by atoms with Gasteiger partial charge in [-0.25, -0.2) is 18.1 Å². The van der Waals surface area contributed by atoms with Gasteiger partial charge < -0.3 is 19.6 Å². The summed E-state index contributed by atoms with van der Waals surface area (Å²) in [6.45, 7) is 0. The molecule has 0 bridgehead atoms. The Kier molecular flexibility index (Phi) is 4.84. The Hall–Kier alpha value is -3.18. The van der Waals surface area contributed by atoms with Crippen LogP contribution in [-0.4, -0.2) is 43.8 Å². The predicted octanol–water partition coefficient (Wildman–Crippen LogP) is 3.14. The molecule has 1 aliphatic rings. The maximum atomic E-state index is 12.2. The monoisotopic (exact) mass is 417 g/mol. The Morgan fingerprint density at radius 2 is 1.90 bits per heavy atom. The summed E-state index contributed by atoms with van der Waals surface area (Å²) in [5.74, 6) is 1.01. The van der Waals surface area contributed by atoms with Crippen molar-refractivity contribution in [3.8, 4) is 17.4 Å². The van der Waals surface area contributed by atoms with Crippen LogP contribution in [0.5, 0.6) is 17.4 Å². The highest BCUT2D eigenvalue weighted by molar-refractivity contribution is 7.89. The van der Waals surface area contributed by atoms with Crippen molar-refractivity contribution in [1.82, 2.24) is 14.7 Å². The zero-order valence-corrected chi connectivity index (χ0v) is 16.5. The van der Waals surface area contributed by atoms with Gasteiger partial charge in [0.1, 0.15) is 4.90 Å². The highest BCUT2D eigenvalue weighted by Gasteiger charge is 2.28. The largest absolute Gasteiger partial charge is 0.493 e. The number of H-pyrrole nitrogens is 1. The van der Waals surface area contributed by atoms with E-state index in [1.807, 2.05) is 0 Å². The van der Waals surface area contributed by atoms with E-state index in [1.165, 1.54) is 32.5 Å². The number of pyridine rings is 1. The van der Waals surface area contributed by atoms with E-state index in [1.54, 1.807) is 12.1 Å². The zero-order valence-electron chi connectivity index (χ0n) is 15.7. The molecule has 2 heterocycles. The van der Waals surface area contributed by atoms with Gasteiger partial charge in [0.25, 0.3) is 0 Å². The zero-order chi connectivity index (χ0) is 20.6. The van der Waals surface area contributed by atoms with Crippen molar-refractivity contribution in [2.75, 3.05) is 14.2 Å². The second-order valence-corrected chi connectivity index (χ2v) is 8.24. The molecule has 2 aromatic heterocycles. The topological polar surface area (TPSA) is 138 Å². The number of nitrogens with one attached hydrogen (secondary N) is 2. The summed E-state index contributed by atoms with van der Waals surface area (Å²) in [6.07, 6.45) is 2.93. The summed E-state index contributed by atoms with van der Waals surface area (Å²) in [6, 6.07) is 6.22. The van der Waals surface area contributed by atoms with Crippen LogP contribution in [0.15, 0.2) is 45.6 Å². The minimum Gasteiger partial charge on any atom is -0.493 e. The fraction of sp³-hybridized carbons (Fsp3) is 0.278. The van der Waals surface area contributed by atoms with Crippen LogP contribution >= 0.6 is 0 Å². The molecule has 0 atom stereocenters. The van der Waals surface area contributed by atoms with Gasteiger partial charge in [0.05, 0.1) is 19.7 Å².